The van der Waals surface area contributed by atoms with Crippen LogP contribution in [0.25, 0.3) is 11.1 Å². The van der Waals surface area contributed by atoms with Gasteiger partial charge < -0.3 is 9.73 Å². The fourth-order valence-electron chi connectivity index (χ4n) is 2.75. The molecule has 3 rings (SSSR count). The Kier molecular flexibility index (Phi) is 7.01. The Morgan fingerprint density at radius 3 is 2.74 bits per heavy atom. The van der Waals surface area contributed by atoms with Crippen molar-refractivity contribution in [2.75, 3.05) is 12.3 Å². The van der Waals surface area contributed by atoms with Crippen LogP contribution < -0.4 is 11.1 Å². The number of oxazole rings is 1. The predicted octanol–water partition coefficient (Wildman–Crippen LogP) is 4.08. The van der Waals surface area contributed by atoms with Crippen LogP contribution >= 0.6 is 23.4 Å². The number of fused-ring (bicyclic) bond motifs is 1. The van der Waals surface area contributed by atoms with E-state index < -0.39 is 0 Å². The maximum Gasteiger partial charge on any atom is 0.419 e. The second kappa shape index (κ2) is 9.67. The molecule has 0 aliphatic heterocycles. The molecule has 2 aromatic carbocycles. The topological polar surface area (TPSA) is 64.2 Å². The summed E-state index contributed by atoms with van der Waals surface area (Å²) in [4.78, 5) is 23.8. The zero-order chi connectivity index (χ0) is 19.1. The zero-order valence-electron chi connectivity index (χ0n) is 14.8. The number of halogens is 1. The number of thioether (sulfide) groups is 1. The van der Waals surface area contributed by atoms with Gasteiger partial charge in [-0.15, -0.1) is 0 Å². The summed E-state index contributed by atoms with van der Waals surface area (Å²) in [5.41, 5.74) is 2.56. The summed E-state index contributed by atoms with van der Waals surface area (Å²) >= 11 is 7.63. The van der Waals surface area contributed by atoms with Crippen molar-refractivity contribution in [1.29, 1.82) is 0 Å². The number of aromatic nitrogens is 1. The molecule has 0 radical (unpaired) electrons. The molecule has 3 aromatic rings. The van der Waals surface area contributed by atoms with Crippen LogP contribution in [-0.4, -0.2) is 22.8 Å². The van der Waals surface area contributed by atoms with Gasteiger partial charge in [0.15, 0.2) is 5.58 Å². The van der Waals surface area contributed by atoms with Crippen molar-refractivity contribution in [3.8, 4) is 0 Å². The van der Waals surface area contributed by atoms with E-state index in [0.717, 1.165) is 22.0 Å². The van der Waals surface area contributed by atoms with Gasteiger partial charge in [-0.05, 0) is 36.2 Å². The first-order valence-corrected chi connectivity index (χ1v) is 10.3. The number of benzene rings is 2. The fourth-order valence-corrected chi connectivity index (χ4v) is 3.69. The van der Waals surface area contributed by atoms with Crippen molar-refractivity contribution in [3.63, 3.8) is 0 Å². The van der Waals surface area contributed by atoms with Crippen LogP contribution in [0.15, 0.2) is 57.7 Å². The highest BCUT2D eigenvalue weighted by Crippen LogP contribution is 2.15. The number of para-hydroxylation sites is 2. The summed E-state index contributed by atoms with van der Waals surface area (Å²) in [6.45, 7) is 1.10. The maximum atomic E-state index is 11.9. The average molecular weight is 405 g/mol. The Morgan fingerprint density at radius 2 is 1.93 bits per heavy atom. The van der Waals surface area contributed by atoms with Crippen molar-refractivity contribution in [2.24, 2.45) is 0 Å². The van der Waals surface area contributed by atoms with Crippen molar-refractivity contribution in [2.45, 2.75) is 25.1 Å². The molecule has 0 saturated carbocycles. The van der Waals surface area contributed by atoms with Crippen LogP contribution in [0.4, 0.5) is 0 Å². The normalized spacial score (nSPS) is 11.0. The van der Waals surface area contributed by atoms with E-state index in [0.29, 0.717) is 31.5 Å². The Morgan fingerprint density at radius 1 is 1.15 bits per heavy atom. The number of hydrogen-bond donors (Lipinski definition) is 1. The number of hydrogen-bond acceptors (Lipinski definition) is 4. The van der Waals surface area contributed by atoms with Crippen LogP contribution in [0.3, 0.4) is 0 Å². The highest BCUT2D eigenvalue weighted by molar-refractivity contribution is 7.98. The van der Waals surface area contributed by atoms with Gasteiger partial charge in [0.05, 0.1) is 5.52 Å². The van der Waals surface area contributed by atoms with Gasteiger partial charge in [0.25, 0.3) is 0 Å². The number of aryl methyl sites for hydroxylation is 1. The lowest BCUT2D eigenvalue weighted by Gasteiger charge is -2.06. The van der Waals surface area contributed by atoms with Crippen LogP contribution in [0.1, 0.15) is 18.4 Å². The molecule has 0 bridgehead atoms. The third-order valence-corrected chi connectivity index (χ3v) is 5.39. The Labute approximate surface area is 166 Å². The maximum absolute atomic E-state index is 11.9. The molecule has 0 atom stereocenters. The van der Waals surface area contributed by atoms with Gasteiger partial charge in [0.1, 0.15) is 0 Å². The molecule has 0 spiro atoms. The molecule has 1 N–H and O–H groups in total. The summed E-state index contributed by atoms with van der Waals surface area (Å²) in [6.07, 6.45) is 0.973. The Bertz CT molecular complexity index is 950. The van der Waals surface area contributed by atoms with Gasteiger partial charge in [-0.25, -0.2) is 4.79 Å². The predicted molar refractivity (Wildman–Crippen MR) is 110 cm³/mol. The molecule has 5 nitrogen and oxygen atoms in total. The molecule has 0 aliphatic rings. The second-order valence-electron chi connectivity index (χ2n) is 6.12. The minimum Gasteiger partial charge on any atom is -0.408 e. The largest absolute Gasteiger partial charge is 0.419 e. The van der Waals surface area contributed by atoms with Crippen molar-refractivity contribution in [1.82, 2.24) is 9.88 Å². The average Bonchev–Trinajstić information content (AvgIpc) is 2.98. The van der Waals surface area contributed by atoms with Gasteiger partial charge in [0.2, 0.25) is 5.91 Å². The van der Waals surface area contributed by atoms with Crippen LogP contribution in [0.5, 0.6) is 0 Å². The van der Waals surface area contributed by atoms with E-state index in [1.54, 1.807) is 22.4 Å². The summed E-state index contributed by atoms with van der Waals surface area (Å²) in [7, 11) is 0. The molecule has 142 valence electrons. The SMILES string of the molecule is O=C(CCCn1c(=O)oc2ccccc21)NCCSCc1ccc(Cl)cc1. The lowest BCUT2D eigenvalue weighted by atomic mass is 10.2. The molecule has 1 heterocycles. The zero-order valence-corrected chi connectivity index (χ0v) is 16.4. The monoisotopic (exact) mass is 404 g/mol. The van der Waals surface area contributed by atoms with Crippen molar-refractivity contribution >= 4 is 40.4 Å². The van der Waals surface area contributed by atoms with E-state index in [2.05, 4.69) is 5.32 Å². The van der Waals surface area contributed by atoms with Gasteiger partial charge in [-0.3, -0.25) is 9.36 Å². The number of amides is 1. The molecule has 1 amide bonds. The first kappa shape index (κ1) is 19.6. The summed E-state index contributed by atoms with van der Waals surface area (Å²) < 4.78 is 6.76. The molecule has 0 fully saturated rings. The van der Waals surface area contributed by atoms with E-state index in [1.165, 1.54) is 5.56 Å². The van der Waals surface area contributed by atoms with E-state index in [9.17, 15) is 9.59 Å². The molecule has 27 heavy (non-hydrogen) atoms. The number of rotatable bonds is 9. The molecule has 0 aliphatic carbocycles. The number of nitrogens with zero attached hydrogens (tertiary/aromatic N) is 1. The van der Waals surface area contributed by atoms with E-state index in [4.69, 9.17) is 16.0 Å². The van der Waals surface area contributed by atoms with Crippen molar-refractivity contribution in [3.05, 3.63) is 69.7 Å². The molecule has 1 aromatic heterocycles. The minimum absolute atomic E-state index is 0.00272. The molecule has 0 unspecified atom stereocenters. The van der Waals surface area contributed by atoms with Gasteiger partial charge in [0, 0.05) is 36.0 Å². The highest BCUT2D eigenvalue weighted by atomic mass is 35.5. The summed E-state index contributed by atoms with van der Waals surface area (Å²) in [5.74, 6) is 1.36. The molecule has 7 heteroatoms. The van der Waals surface area contributed by atoms with Crippen LogP contribution in [0.2, 0.25) is 5.02 Å². The van der Waals surface area contributed by atoms with E-state index in [-0.39, 0.29) is 11.7 Å². The van der Waals surface area contributed by atoms with Crippen LogP contribution in [0, 0.1) is 0 Å². The molecule has 0 saturated heterocycles. The lowest BCUT2D eigenvalue weighted by Crippen LogP contribution is -2.26. The number of carbonyl (C=O) groups excluding carboxylic acids is 1. The first-order valence-electron chi connectivity index (χ1n) is 8.81. The minimum atomic E-state index is -0.379. The third kappa shape index (κ3) is 5.65. The van der Waals surface area contributed by atoms with Crippen LogP contribution in [-0.2, 0) is 17.1 Å². The van der Waals surface area contributed by atoms with Gasteiger partial charge >= 0.3 is 5.76 Å². The number of nitrogens with one attached hydrogen (secondary N) is 1. The molecular formula is C20H21ClN2O3S. The highest BCUT2D eigenvalue weighted by Gasteiger charge is 2.09. The first-order chi connectivity index (χ1) is 13.1. The Hall–Kier alpha value is -2.18. The van der Waals surface area contributed by atoms with E-state index >= 15 is 0 Å². The van der Waals surface area contributed by atoms with Crippen molar-refractivity contribution < 1.29 is 9.21 Å². The smallest absolute Gasteiger partial charge is 0.408 e. The third-order valence-electron chi connectivity index (χ3n) is 4.11. The fraction of sp³-hybridized carbons (Fsp3) is 0.300. The second-order valence-corrected chi connectivity index (χ2v) is 7.66. The van der Waals surface area contributed by atoms with Gasteiger partial charge in [-0.2, -0.15) is 11.8 Å². The quantitative estimate of drug-likeness (QED) is 0.546. The molecular weight excluding hydrogens is 384 g/mol. The number of carbonyl (C=O) groups is 1. The standard InChI is InChI=1S/C20H21ClN2O3S/c21-16-9-7-15(8-10-16)14-27-13-11-22-19(24)6-3-12-23-17-4-1-2-5-18(17)26-20(23)25/h1-2,4-5,7-10H,3,6,11-14H2,(H,22,24). The van der Waals surface area contributed by atoms with E-state index in [1.807, 2.05) is 42.5 Å². The van der Waals surface area contributed by atoms with Gasteiger partial charge in [-0.1, -0.05) is 35.9 Å². The lowest BCUT2D eigenvalue weighted by molar-refractivity contribution is -0.121. The summed E-state index contributed by atoms with van der Waals surface area (Å²) in [5, 5.41) is 3.66. The summed E-state index contributed by atoms with van der Waals surface area (Å²) in [6, 6.07) is 15.1. The Balaban J connectivity index is 1.33.